The molecule has 0 radical (unpaired) electrons. The van der Waals surface area contributed by atoms with Gasteiger partial charge in [-0.1, -0.05) is 0 Å². The zero-order valence-electron chi connectivity index (χ0n) is 13.9. The van der Waals surface area contributed by atoms with Gasteiger partial charge in [0.15, 0.2) is 15.2 Å². The summed E-state index contributed by atoms with van der Waals surface area (Å²) in [4.78, 5) is 76.2. The largest absolute Gasteiger partial charge is 0.776 e. The quantitative estimate of drug-likeness (QED) is 0.0978. The van der Waals surface area contributed by atoms with Crippen LogP contribution in [0.2, 0.25) is 0 Å². The molecular formula is C8H18N2O14P4. The summed E-state index contributed by atoms with van der Waals surface area (Å²) in [6, 6.07) is 0. The second-order valence-electron chi connectivity index (χ2n) is 5.44. The van der Waals surface area contributed by atoms with Crippen LogP contribution in [0.5, 0.6) is 0 Å². The molecule has 1 aromatic rings. The van der Waals surface area contributed by atoms with Crippen molar-refractivity contribution in [2.75, 3.05) is 0 Å². The Balaban J connectivity index is 0.00000729. The van der Waals surface area contributed by atoms with Crippen molar-refractivity contribution in [2.45, 2.75) is 23.3 Å². The average molecular weight is 490 g/mol. The Labute approximate surface area is 157 Å². The number of nitrogens with zero attached hydrogens (tertiary/aromatic N) is 2. The van der Waals surface area contributed by atoms with Gasteiger partial charge < -0.3 is 58.5 Å². The van der Waals surface area contributed by atoms with Gasteiger partial charge in [-0.15, -0.1) is 0 Å². The van der Waals surface area contributed by atoms with Crippen molar-refractivity contribution < 1.29 is 72.2 Å². The van der Waals surface area contributed by atoms with Crippen molar-refractivity contribution in [3.63, 3.8) is 0 Å². The summed E-state index contributed by atoms with van der Waals surface area (Å²) in [6.07, 6.45) is 2.08. The van der Waals surface area contributed by atoms with E-state index < -0.39 is 53.6 Å². The van der Waals surface area contributed by atoms with E-state index in [1.807, 2.05) is 0 Å². The SMILES string of the molecule is O=P([O-])(O)C(O)(Cn1cc[n+](CC(O)(P(=O)([O-])O)P(=O)(O)O)c1)P(=O)(O)O.[CH3+]. The van der Waals surface area contributed by atoms with Crippen molar-refractivity contribution in [3.05, 3.63) is 26.1 Å². The molecule has 1 rings (SSSR count). The zero-order valence-corrected chi connectivity index (χ0v) is 17.4. The second kappa shape index (κ2) is 8.03. The smallest absolute Gasteiger partial charge is 0.369 e. The van der Waals surface area contributed by atoms with Crippen molar-refractivity contribution >= 4 is 30.4 Å². The van der Waals surface area contributed by atoms with Crippen LogP contribution in [-0.4, -0.2) is 54.3 Å². The van der Waals surface area contributed by atoms with Crippen LogP contribution in [0.4, 0.5) is 0 Å². The molecule has 16 nitrogen and oxygen atoms in total. The van der Waals surface area contributed by atoms with E-state index in [9.17, 15) is 38.3 Å². The molecule has 1 heterocycles. The Hall–Kier alpha value is -0.400. The van der Waals surface area contributed by atoms with Gasteiger partial charge in [0.05, 0.1) is 0 Å². The molecule has 0 aliphatic carbocycles. The molecule has 0 bridgehead atoms. The van der Waals surface area contributed by atoms with Crippen LogP contribution in [0.15, 0.2) is 18.7 Å². The standard InChI is InChI=1S/C7H16N2O14P4.CH3/c10-6(24(12,13)14,25(15,16)17)3-8-1-2-9(5-8)4-7(11,26(18,19)20)27(21,22)23;/h1-2,5,10-11H,3-4H2,(H7-,12,13,14,15,16,17,18,19,20,21,22,23);1H3/q;+1/p-1. The molecule has 0 fully saturated rings. The van der Waals surface area contributed by atoms with Crippen molar-refractivity contribution in [3.8, 4) is 0 Å². The molecule has 0 spiro atoms. The van der Waals surface area contributed by atoms with Gasteiger partial charge in [0, 0.05) is 7.43 Å². The molecule has 0 aliphatic rings. The third-order valence-electron chi connectivity index (χ3n) is 3.37. The molecule has 1 aromatic heterocycles. The van der Waals surface area contributed by atoms with Crippen LogP contribution in [-0.2, 0) is 31.3 Å². The van der Waals surface area contributed by atoms with E-state index in [2.05, 4.69) is 0 Å². The van der Waals surface area contributed by atoms with Crippen molar-refractivity contribution in [2.24, 2.45) is 0 Å². The van der Waals surface area contributed by atoms with E-state index >= 15 is 0 Å². The third kappa shape index (κ3) is 5.20. The van der Waals surface area contributed by atoms with Crippen LogP contribution in [0.3, 0.4) is 0 Å². The highest BCUT2D eigenvalue weighted by molar-refractivity contribution is 7.71. The van der Waals surface area contributed by atoms with Crippen LogP contribution in [0.25, 0.3) is 0 Å². The lowest BCUT2D eigenvalue weighted by Crippen LogP contribution is -2.48. The Morgan fingerprint density at radius 2 is 1.25 bits per heavy atom. The lowest BCUT2D eigenvalue weighted by molar-refractivity contribution is -0.703. The van der Waals surface area contributed by atoms with Crippen LogP contribution >= 0.6 is 30.4 Å². The fourth-order valence-corrected chi connectivity index (χ4v) is 5.82. The molecule has 4 unspecified atom stereocenters. The van der Waals surface area contributed by atoms with Crippen LogP contribution in [0, 0.1) is 7.43 Å². The topological polar surface area (TPSA) is 285 Å². The highest BCUT2D eigenvalue weighted by Crippen LogP contribution is 2.66. The van der Waals surface area contributed by atoms with Crippen molar-refractivity contribution in [1.82, 2.24) is 4.57 Å². The molecule has 164 valence electrons. The average Bonchev–Trinajstić information content (AvgIpc) is 2.80. The van der Waals surface area contributed by atoms with Gasteiger partial charge in [0.2, 0.25) is 6.33 Å². The van der Waals surface area contributed by atoms with Gasteiger partial charge in [-0.05, 0) is 0 Å². The van der Waals surface area contributed by atoms with E-state index in [-0.39, 0.29) is 7.43 Å². The molecule has 0 aliphatic heterocycles. The van der Waals surface area contributed by atoms with Gasteiger partial charge in [-0.25, -0.2) is 9.13 Å². The molecule has 8 N–H and O–H groups in total. The maximum atomic E-state index is 11.2. The molecule has 4 atom stereocenters. The Bertz CT molecular complexity index is 772. The van der Waals surface area contributed by atoms with Gasteiger partial charge in [-0.3, -0.25) is 9.13 Å². The highest BCUT2D eigenvalue weighted by Gasteiger charge is 2.57. The first-order valence-corrected chi connectivity index (χ1v) is 12.7. The van der Waals surface area contributed by atoms with Gasteiger partial charge in [0.25, 0.3) is 10.2 Å². The predicted molar refractivity (Wildman–Crippen MR) is 84.7 cm³/mol. The normalized spacial score (nSPS) is 21.5. The second-order valence-corrected chi connectivity index (χ2v) is 13.4. The highest BCUT2D eigenvalue weighted by atomic mass is 31.2. The maximum Gasteiger partial charge on any atom is 0.369 e. The number of hydrogen-bond acceptors (Lipinski definition) is 8. The monoisotopic (exact) mass is 490 g/mol. The first kappa shape index (κ1) is 27.6. The van der Waals surface area contributed by atoms with Crippen molar-refractivity contribution in [1.29, 1.82) is 0 Å². The molecule has 20 heteroatoms. The van der Waals surface area contributed by atoms with E-state index in [1.165, 1.54) is 0 Å². The molecule has 0 saturated heterocycles. The number of aliphatic hydroxyl groups is 2. The molecule has 28 heavy (non-hydrogen) atoms. The fraction of sp³-hybridized carbons (Fsp3) is 0.500. The molecule has 0 saturated carbocycles. The number of rotatable bonds is 8. The molecule has 0 aromatic carbocycles. The summed E-state index contributed by atoms with van der Waals surface area (Å²) in [6.45, 7) is -2.96. The van der Waals surface area contributed by atoms with Gasteiger partial charge in [-0.2, -0.15) is 0 Å². The molecular weight excluding hydrogens is 472 g/mol. The lowest BCUT2D eigenvalue weighted by Gasteiger charge is -2.35. The number of aromatic nitrogens is 2. The minimum absolute atomic E-state index is 0. The van der Waals surface area contributed by atoms with Crippen LogP contribution < -0.4 is 14.4 Å². The molecule has 0 amide bonds. The van der Waals surface area contributed by atoms with E-state index in [1.54, 1.807) is 0 Å². The van der Waals surface area contributed by atoms with Gasteiger partial charge in [0.1, 0.15) is 25.5 Å². The summed E-state index contributed by atoms with van der Waals surface area (Å²) in [7, 11) is -23.8. The summed E-state index contributed by atoms with van der Waals surface area (Å²) in [5, 5.41) is 11.5. The summed E-state index contributed by atoms with van der Waals surface area (Å²) in [5.41, 5.74) is 0. The van der Waals surface area contributed by atoms with Crippen LogP contribution in [0.1, 0.15) is 0 Å². The van der Waals surface area contributed by atoms with E-state index in [0.717, 1.165) is 12.4 Å². The number of imidazole rings is 1. The minimum atomic E-state index is -6.06. The third-order valence-corrected chi connectivity index (χ3v) is 10.7. The Morgan fingerprint density at radius 1 is 0.857 bits per heavy atom. The minimum Gasteiger partial charge on any atom is -0.776 e. The summed E-state index contributed by atoms with van der Waals surface area (Å²) >= 11 is 0. The van der Waals surface area contributed by atoms with E-state index in [4.69, 9.17) is 29.4 Å². The first-order chi connectivity index (χ1) is 11.7. The lowest BCUT2D eigenvalue weighted by atomic mass is 10.6. The fourth-order valence-electron chi connectivity index (χ4n) is 1.81. The Kier molecular flexibility index (Phi) is 7.91. The summed E-state index contributed by atoms with van der Waals surface area (Å²) in [5.74, 6) is 0. The zero-order chi connectivity index (χ0) is 21.7. The number of hydrogen-bond donors (Lipinski definition) is 8. The summed E-state index contributed by atoms with van der Waals surface area (Å²) < 4.78 is 45.8. The van der Waals surface area contributed by atoms with Gasteiger partial charge >= 0.3 is 15.2 Å². The predicted octanol–water partition coefficient (Wildman–Crippen LogP) is -4.04. The van der Waals surface area contributed by atoms with E-state index in [0.29, 0.717) is 15.5 Å². The Morgan fingerprint density at radius 3 is 1.57 bits per heavy atom. The maximum absolute atomic E-state index is 11.2. The first-order valence-electron chi connectivity index (χ1n) is 6.34.